The van der Waals surface area contributed by atoms with E-state index in [1.54, 1.807) is 31.2 Å². The molecule has 0 aliphatic rings. The van der Waals surface area contributed by atoms with Gasteiger partial charge < -0.3 is 4.42 Å². The summed E-state index contributed by atoms with van der Waals surface area (Å²) in [7, 11) is -3.47. The molecule has 7 heteroatoms. The number of aryl methyl sites for hydroxylation is 1. The molecule has 5 nitrogen and oxygen atoms in total. The van der Waals surface area contributed by atoms with E-state index in [4.69, 9.17) is 16.0 Å². The van der Waals surface area contributed by atoms with E-state index in [1.165, 1.54) is 6.39 Å². The highest BCUT2D eigenvalue weighted by molar-refractivity contribution is 7.88. The van der Waals surface area contributed by atoms with Crippen molar-refractivity contribution in [3.05, 3.63) is 52.7 Å². The largest absolute Gasteiger partial charge is 0.447 e. The molecule has 2 aromatic rings. The number of hydrogen-bond donors (Lipinski definition) is 1. The van der Waals surface area contributed by atoms with Crippen LogP contribution < -0.4 is 4.72 Å². The Kier molecular flexibility index (Phi) is 4.24. The standard InChI is InChI=1S/C12H13ClN2O3S/c1-9-12(18-8-14-9)6-15-19(16,17)7-10-4-2-3-5-11(10)13/h2-5,8,15H,6-7H2,1H3. The van der Waals surface area contributed by atoms with Gasteiger partial charge in [-0.05, 0) is 18.6 Å². The Labute approximate surface area is 116 Å². The minimum atomic E-state index is -3.47. The predicted octanol–water partition coefficient (Wildman–Crippen LogP) is 2.26. The molecule has 0 aliphatic carbocycles. The average molecular weight is 301 g/mol. The molecule has 0 atom stereocenters. The smallest absolute Gasteiger partial charge is 0.216 e. The first kappa shape index (κ1) is 14.0. The minimum Gasteiger partial charge on any atom is -0.447 e. The van der Waals surface area contributed by atoms with Crippen LogP contribution in [-0.4, -0.2) is 13.4 Å². The van der Waals surface area contributed by atoms with Gasteiger partial charge in [0.15, 0.2) is 6.39 Å². The van der Waals surface area contributed by atoms with Crippen molar-refractivity contribution in [3.63, 3.8) is 0 Å². The van der Waals surface area contributed by atoms with Crippen LogP contribution in [0.25, 0.3) is 0 Å². The number of rotatable bonds is 5. The molecule has 1 heterocycles. The second-order valence-electron chi connectivity index (χ2n) is 4.03. The zero-order valence-electron chi connectivity index (χ0n) is 10.3. The summed E-state index contributed by atoms with van der Waals surface area (Å²) in [6.45, 7) is 1.83. The van der Waals surface area contributed by atoms with E-state index in [9.17, 15) is 8.42 Å². The van der Waals surface area contributed by atoms with Gasteiger partial charge in [-0.15, -0.1) is 0 Å². The molecule has 0 aliphatic heterocycles. The summed E-state index contributed by atoms with van der Waals surface area (Å²) in [6.07, 6.45) is 1.28. The van der Waals surface area contributed by atoms with Crippen molar-refractivity contribution in [1.82, 2.24) is 9.71 Å². The molecule has 1 N–H and O–H groups in total. The summed E-state index contributed by atoms with van der Waals surface area (Å²) in [5, 5.41) is 0.434. The normalized spacial score (nSPS) is 11.7. The molecule has 0 spiro atoms. The van der Waals surface area contributed by atoms with Crippen LogP contribution in [-0.2, 0) is 22.3 Å². The second kappa shape index (κ2) is 5.73. The zero-order valence-corrected chi connectivity index (χ0v) is 11.8. The van der Waals surface area contributed by atoms with Crippen LogP contribution in [0.1, 0.15) is 17.0 Å². The summed E-state index contributed by atoms with van der Waals surface area (Å²) in [5.41, 5.74) is 1.23. The fraction of sp³-hybridized carbons (Fsp3) is 0.250. The van der Waals surface area contributed by atoms with E-state index in [1.807, 2.05) is 0 Å². The lowest BCUT2D eigenvalue weighted by Gasteiger charge is -2.07. The molecular weight excluding hydrogens is 288 g/mol. The summed E-state index contributed by atoms with van der Waals surface area (Å²) in [6, 6.07) is 6.84. The highest BCUT2D eigenvalue weighted by atomic mass is 35.5. The predicted molar refractivity (Wildman–Crippen MR) is 72.2 cm³/mol. The molecular formula is C12H13ClN2O3S. The van der Waals surface area contributed by atoms with Gasteiger partial charge in [-0.3, -0.25) is 0 Å². The van der Waals surface area contributed by atoms with E-state index in [2.05, 4.69) is 9.71 Å². The summed E-state index contributed by atoms with van der Waals surface area (Å²) in [5.74, 6) is 0.336. The van der Waals surface area contributed by atoms with Gasteiger partial charge in [-0.25, -0.2) is 18.1 Å². The fourth-order valence-corrected chi connectivity index (χ4v) is 2.94. The van der Waals surface area contributed by atoms with E-state index in [-0.39, 0.29) is 12.3 Å². The van der Waals surface area contributed by atoms with Crippen LogP contribution in [0.5, 0.6) is 0 Å². The van der Waals surface area contributed by atoms with Gasteiger partial charge in [0.1, 0.15) is 5.76 Å². The number of oxazole rings is 1. The number of halogens is 1. The van der Waals surface area contributed by atoms with E-state index >= 15 is 0 Å². The molecule has 0 saturated heterocycles. The molecule has 102 valence electrons. The Morgan fingerprint density at radius 1 is 1.37 bits per heavy atom. The summed E-state index contributed by atoms with van der Waals surface area (Å²) < 4.78 is 31.4. The Morgan fingerprint density at radius 3 is 2.74 bits per heavy atom. The number of nitrogens with zero attached hydrogens (tertiary/aromatic N) is 1. The van der Waals surface area contributed by atoms with E-state index < -0.39 is 10.0 Å². The maximum absolute atomic E-state index is 11.9. The number of hydrogen-bond acceptors (Lipinski definition) is 4. The Hall–Kier alpha value is -1.37. The van der Waals surface area contributed by atoms with Crippen LogP contribution >= 0.6 is 11.6 Å². The van der Waals surface area contributed by atoms with E-state index in [0.717, 1.165) is 0 Å². The first-order valence-corrected chi connectivity index (χ1v) is 7.60. The maximum atomic E-state index is 11.9. The molecule has 1 aromatic carbocycles. The van der Waals surface area contributed by atoms with Crippen LogP contribution in [0.2, 0.25) is 5.02 Å². The van der Waals surface area contributed by atoms with Crippen LogP contribution in [0.3, 0.4) is 0 Å². The van der Waals surface area contributed by atoms with Gasteiger partial charge in [0, 0.05) is 5.02 Å². The van der Waals surface area contributed by atoms with Gasteiger partial charge >= 0.3 is 0 Å². The number of benzene rings is 1. The highest BCUT2D eigenvalue weighted by Crippen LogP contribution is 2.17. The van der Waals surface area contributed by atoms with Crippen molar-refractivity contribution in [2.24, 2.45) is 0 Å². The lowest BCUT2D eigenvalue weighted by molar-refractivity contribution is 0.492. The fourth-order valence-electron chi connectivity index (χ4n) is 1.54. The number of aromatic nitrogens is 1. The summed E-state index contributed by atoms with van der Waals surface area (Å²) >= 11 is 5.93. The van der Waals surface area contributed by atoms with Crippen LogP contribution in [0, 0.1) is 6.92 Å². The third kappa shape index (κ3) is 3.79. The molecule has 1 aromatic heterocycles. The number of nitrogens with one attached hydrogen (secondary N) is 1. The van der Waals surface area contributed by atoms with Gasteiger partial charge in [0.05, 0.1) is 18.0 Å². The SMILES string of the molecule is Cc1ncoc1CNS(=O)(=O)Cc1ccccc1Cl. The van der Waals surface area contributed by atoms with Gasteiger partial charge in [-0.1, -0.05) is 29.8 Å². The maximum Gasteiger partial charge on any atom is 0.216 e. The third-order valence-electron chi connectivity index (χ3n) is 2.60. The molecule has 0 amide bonds. The molecule has 0 bridgehead atoms. The Balaban J connectivity index is 2.04. The monoisotopic (exact) mass is 300 g/mol. The van der Waals surface area contributed by atoms with Gasteiger partial charge in [0.2, 0.25) is 10.0 Å². The van der Waals surface area contributed by atoms with Crippen molar-refractivity contribution in [3.8, 4) is 0 Å². The molecule has 0 unspecified atom stereocenters. The Bertz CT molecular complexity index is 667. The third-order valence-corrected chi connectivity index (χ3v) is 4.24. The zero-order chi connectivity index (χ0) is 13.9. The Morgan fingerprint density at radius 2 is 2.11 bits per heavy atom. The highest BCUT2D eigenvalue weighted by Gasteiger charge is 2.15. The topological polar surface area (TPSA) is 72.2 Å². The van der Waals surface area contributed by atoms with E-state index in [0.29, 0.717) is 22.0 Å². The second-order valence-corrected chi connectivity index (χ2v) is 6.25. The lowest BCUT2D eigenvalue weighted by Crippen LogP contribution is -2.25. The molecule has 19 heavy (non-hydrogen) atoms. The van der Waals surface area contributed by atoms with Crippen LogP contribution in [0.4, 0.5) is 0 Å². The average Bonchev–Trinajstić information content (AvgIpc) is 2.75. The van der Waals surface area contributed by atoms with Crippen molar-refractivity contribution >= 4 is 21.6 Å². The molecule has 0 radical (unpaired) electrons. The van der Waals surface area contributed by atoms with Crippen molar-refractivity contribution in [2.75, 3.05) is 0 Å². The van der Waals surface area contributed by atoms with Crippen molar-refractivity contribution < 1.29 is 12.8 Å². The molecule has 0 saturated carbocycles. The number of sulfonamides is 1. The van der Waals surface area contributed by atoms with Gasteiger partial charge in [-0.2, -0.15) is 0 Å². The molecule has 0 fully saturated rings. The molecule has 2 rings (SSSR count). The first-order chi connectivity index (χ1) is 8.98. The lowest BCUT2D eigenvalue weighted by atomic mass is 10.2. The first-order valence-electron chi connectivity index (χ1n) is 5.57. The van der Waals surface area contributed by atoms with Gasteiger partial charge in [0.25, 0.3) is 0 Å². The quantitative estimate of drug-likeness (QED) is 0.919. The van der Waals surface area contributed by atoms with Crippen LogP contribution in [0.15, 0.2) is 35.1 Å². The minimum absolute atomic E-state index is 0.0820. The summed E-state index contributed by atoms with van der Waals surface area (Å²) in [4.78, 5) is 3.89. The van der Waals surface area contributed by atoms with Crippen molar-refractivity contribution in [1.29, 1.82) is 0 Å². The van der Waals surface area contributed by atoms with Crippen molar-refractivity contribution in [2.45, 2.75) is 19.2 Å².